The molecule has 1 atom stereocenters. The Hall–Kier alpha value is -1.40. The lowest BCUT2D eigenvalue weighted by atomic mass is 10.2. The summed E-state index contributed by atoms with van der Waals surface area (Å²) in [4.78, 5) is 25.0. The monoisotopic (exact) mass is 354 g/mol. The van der Waals surface area contributed by atoms with Crippen molar-refractivity contribution in [1.82, 2.24) is 4.90 Å². The Kier molecular flexibility index (Phi) is 5.00. The number of hydrogen-bond donors (Lipinski definition) is 2. The Balaban J connectivity index is 2.00. The van der Waals surface area contributed by atoms with E-state index in [-0.39, 0.29) is 18.5 Å². The molecule has 2 N–H and O–H groups in total. The van der Waals surface area contributed by atoms with E-state index in [0.717, 1.165) is 22.9 Å². The van der Waals surface area contributed by atoms with E-state index in [0.29, 0.717) is 5.69 Å². The number of hydrogen-bond acceptors (Lipinski definition) is 3. The molecule has 1 saturated carbocycles. The van der Waals surface area contributed by atoms with Gasteiger partial charge in [-0.2, -0.15) is 0 Å². The second-order valence-electron chi connectivity index (χ2n) is 5.45. The summed E-state index contributed by atoms with van der Waals surface area (Å²) in [5.74, 6) is -1.09. The molecule has 5 nitrogen and oxygen atoms in total. The number of halogens is 1. The smallest absolute Gasteiger partial charge is 0.320 e. The molecular weight excluding hydrogens is 336 g/mol. The molecule has 1 aliphatic carbocycles. The third kappa shape index (κ3) is 4.28. The number of carbonyl (C=O) groups is 2. The van der Waals surface area contributed by atoms with Crippen molar-refractivity contribution in [3.8, 4) is 0 Å². The first-order valence-electron chi connectivity index (χ1n) is 6.93. The molecule has 1 aromatic rings. The van der Waals surface area contributed by atoms with Crippen LogP contribution in [0.2, 0.25) is 0 Å². The third-order valence-electron chi connectivity index (χ3n) is 3.60. The molecule has 1 aliphatic rings. The normalized spacial score (nSPS) is 15.8. The van der Waals surface area contributed by atoms with Crippen molar-refractivity contribution in [2.24, 2.45) is 0 Å². The van der Waals surface area contributed by atoms with E-state index in [1.807, 2.05) is 25.1 Å². The van der Waals surface area contributed by atoms with Gasteiger partial charge in [0.15, 0.2) is 0 Å². The third-order valence-corrected chi connectivity index (χ3v) is 4.25. The molecule has 21 heavy (non-hydrogen) atoms. The summed E-state index contributed by atoms with van der Waals surface area (Å²) in [6.45, 7) is 3.69. The van der Waals surface area contributed by atoms with Crippen LogP contribution in [0.3, 0.4) is 0 Å². The average molecular weight is 355 g/mol. The van der Waals surface area contributed by atoms with Crippen LogP contribution in [-0.2, 0) is 9.59 Å². The maximum atomic E-state index is 12.2. The highest BCUT2D eigenvalue weighted by Gasteiger charge is 2.36. The van der Waals surface area contributed by atoms with Gasteiger partial charge in [-0.1, -0.05) is 6.07 Å². The van der Waals surface area contributed by atoms with Gasteiger partial charge in [0.25, 0.3) is 0 Å². The Labute approximate surface area is 132 Å². The molecule has 1 amide bonds. The molecule has 0 heterocycles. The van der Waals surface area contributed by atoms with Gasteiger partial charge in [0.1, 0.15) is 6.04 Å². The van der Waals surface area contributed by atoms with Crippen molar-refractivity contribution in [2.75, 3.05) is 11.9 Å². The number of rotatable bonds is 6. The van der Waals surface area contributed by atoms with Crippen LogP contribution >= 0.6 is 15.9 Å². The minimum Gasteiger partial charge on any atom is -0.480 e. The minimum absolute atomic E-state index is 0.0957. The number of aryl methyl sites for hydroxylation is 1. The number of nitrogens with one attached hydrogen (secondary N) is 1. The topological polar surface area (TPSA) is 69.6 Å². The number of carboxylic acid groups (broad SMARTS) is 1. The van der Waals surface area contributed by atoms with Crippen molar-refractivity contribution in [3.05, 3.63) is 28.2 Å². The Morgan fingerprint density at radius 2 is 2.14 bits per heavy atom. The van der Waals surface area contributed by atoms with E-state index in [2.05, 4.69) is 21.2 Å². The first kappa shape index (κ1) is 16.0. The molecule has 1 fully saturated rings. The lowest BCUT2D eigenvalue weighted by Crippen LogP contribution is -2.44. The molecule has 0 radical (unpaired) electrons. The fourth-order valence-corrected chi connectivity index (χ4v) is 2.80. The van der Waals surface area contributed by atoms with E-state index < -0.39 is 12.0 Å². The Morgan fingerprint density at radius 3 is 2.67 bits per heavy atom. The van der Waals surface area contributed by atoms with Gasteiger partial charge in [-0.25, -0.2) is 0 Å². The molecule has 0 spiro atoms. The van der Waals surface area contributed by atoms with Crippen molar-refractivity contribution < 1.29 is 14.7 Å². The Bertz CT molecular complexity index is 558. The number of nitrogens with zero attached hydrogens (tertiary/aromatic N) is 1. The highest BCUT2D eigenvalue weighted by atomic mass is 79.9. The Morgan fingerprint density at radius 1 is 1.48 bits per heavy atom. The van der Waals surface area contributed by atoms with Crippen LogP contribution in [0.15, 0.2) is 22.7 Å². The maximum absolute atomic E-state index is 12.2. The molecule has 0 bridgehead atoms. The molecule has 1 aromatic carbocycles. The largest absolute Gasteiger partial charge is 0.480 e. The zero-order chi connectivity index (χ0) is 15.6. The highest BCUT2D eigenvalue weighted by Crippen LogP contribution is 2.29. The number of anilines is 1. The van der Waals surface area contributed by atoms with E-state index in [9.17, 15) is 9.59 Å². The number of amides is 1. The molecule has 2 rings (SSSR count). The SMILES string of the molecule is Cc1ccc(NC(=O)CN(C2CC2)C(C)C(=O)O)c(Br)c1. The zero-order valence-electron chi connectivity index (χ0n) is 12.1. The lowest BCUT2D eigenvalue weighted by Gasteiger charge is -2.25. The molecular formula is C15H19BrN2O3. The van der Waals surface area contributed by atoms with Gasteiger partial charge in [-0.05, 0) is 60.3 Å². The number of carbonyl (C=O) groups excluding carboxylic acids is 1. The van der Waals surface area contributed by atoms with Crippen molar-refractivity contribution in [3.63, 3.8) is 0 Å². The molecule has 0 saturated heterocycles. The molecule has 0 aliphatic heterocycles. The van der Waals surface area contributed by atoms with Crippen LogP contribution in [0, 0.1) is 6.92 Å². The fourth-order valence-electron chi connectivity index (χ4n) is 2.21. The summed E-state index contributed by atoms with van der Waals surface area (Å²) in [5.41, 5.74) is 1.79. The van der Waals surface area contributed by atoms with E-state index in [1.54, 1.807) is 11.8 Å². The summed E-state index contributed by atoms with van der Waals surface area (Å²) < 4.78 is 0.820. The molecule has 114 valence electrons. The van der Waals surface area contributed by atoms with Crippen LogP contribution in [0.25, 0.3) is 0 Å². The first-order chi connectivity index (χ1) is 9.88. The van der Waals surface area contributed by atoms with Gasteiger partial charge in [0.2, 0.25) is 5.91 Å². The van der Waals surface area contributed by atoms with E-state index >= 15 is 0 Å². The quantitative estimate of drug-likeness (QED) is 0.823. The second kappa shape index (κ2) is 6.58. The average Bonchev–Trinajstić information content (AvgIpc) is 3.23. The minimum atomic E-state index is -0.897. The van der Waals surface area contributed by atoms with Crippen LogP contribution in [-0.4, -0.2) is 40.5 Å². The lowest BCUT2D eigenvalue weighted by molar-refractivity contribution is -0.143. The molecule has 6 heteroatoms. The molecule has 0 aromatic heterocycles. The highest BCUT2D eigenvalue weighted by molar-refractivity contribution is 9.10. The van der Waals surface area contributed by atoms with Crippen LogP contribution in [0.5, 0.6) is 0 Å². The summed E-state index contributed by atoms with van der Waals surface area (Å²) >= 11 is 3.41. The van der Waals surface area contributed by atoms with Gasteiger partial charge >= 0.3 is 5.97 Å². The summed E-state index contributed by atoms with van der Waals surface area (Å²) in [5, 5.41) is 11.9. The summed E-state index contributed by atoms with van der Waals surface area (Å²) in [6.07, 6.45) is 1.91. The standard InChI is InChI=1S/C15H19BrN2O3/c1-9-3-6-13(12(16)7-9)17-14(19)8-18(11-4-5-11)10(2)15(20)21/h3,6-7,10-11H,4-5,8H2,1-2H3,(H,17,19)(H,20,21). The van der Waals surface area contributed by atoms with Crippen LogP contribution in [0.1, 0.15) is 25.3 Å². The fraction of sp³-hybridized carbons (Fsp3) is 0.467. The number of benzene rings is 1. The van der Waals surface area contributed by atoms with Crippen molar-refractivity contribution in [1.29, 1.82) is 0 Å². The summed E-state index contributed by atoms with van der Waals surface area (Å²) in [6, 6.07) is 5.24. The van der Waals surface area contributed by atoms with Crippen molar-refractivity contribution in [2.45, 2.75) is 38.8 Å². The first-order valence-corrected chi connectivity index (χ1v) is 7.72. The number of aliphatic carboxylic acids is 1. The zero-order valence-corrected chi connectivity index (χ0v) is 13.7. The van der Waals surface area contributed by atoms with Gasteiger partial charge in [-0.15, -0.1) is 0 Å². The van der Waals surface area contributed by atoms with Crippen LogP contribution < -0.4 is 5.32 Å². The van der Waals surface area contributed by atoms with Gasteiger partial charge in [-0.3, -0.25) is 14.5 Å². The van der Waals surface area contributed by atoms with Gasteiger partial charge in [0, 0.05) is 10.5 Å². The van der Waals surface area contributed by atoms with Crippen LogP contribution in [0.4, 0.5) is 5.69 Å². The summed E-state index contributed by atoms with van der Waals surface area (Å²) in [7, 11) is 0. The van der Waals surface area contributed by atoms with Gasteiger partial charge in [0.05, 0.1) is 12.2 Å². The van der Waals surface area contributed by atoms with Crippen molar-refractivity contribution >= 4 is 33.5 Å². The van der Waals surface area contributed by atoms with E-state index in [4.69, 9.17) is 5.11 Å². The maximum Gasteiger partial charge on any atom is 0.320 e. The van der Waals surface area contributed by atoms with E-state index in [1.165, 1.54) is 0 Å². The molecule has 1 unspecified atom stereocenters. The van der Waals surface area contributed by atoms with Gasteiger partial charge < -0.3 is 10.4 Å². The second-order valence-corrected chi connectivity index (χ2v) is 6.30. The predicted molar refractivity (Wildman–Crippen MR) is 84.3 cm³/mol. The predicted octanol–water partition coefficient (Wildman–Crippen LogP) is 2.63. The number of carboxylic acids is 1.